The van der Waals surface area contributed by atoms with Crippen LogP contribution in [0.1, 0.15) is 35.8 Å². The highest BCUT2D eigenvalue weighted by atomic mass is 79.9. The number of halogens is 1. The van der Waals surface area contributed by atoms with E-state index < -0.39 is 0 Å². The molecule has 0 atom stereocenters. The normalized spacial score (nSPS) is 15.4. The molecule has 1 aliphatic heterocycles. The standard InChI is InChI=1S/C18H21BrN4O/c1-12-5-7-23(8-6-12)18(24)16-10-21-17(11-20-16)22-15-4-3-14(19)9-13(15)2/h3-4,9-12H,5-8H2,1-2H3,(H,21,22). The molecule has 1 aromatic carbocycles. The fourth-order valence-corrected chi connectivity index (χ4v) is 3.26. The van der Waals surface area contributed by atoms with E-state index in [4.69, 9.17) is 0 Å². The van der Waals surface area contributed by atoms with Gasteiger partial charge in [-0.25, -0.2) is 9.97 Å². The summed E-state index contributed by atoms with van der Waals surface area (Å²) in [6, 6.07) is 5.98. The summed E-state index contributed by atoms with van der Waals surface area (Å²) in [7, 11) is 0. The van der Waals surface area contributed by atoms with Gasteiger partial charge in [0.1, 0.15) is 11.5 Å². The number of anilines is 2. The number of amides is 1. The maximum Gasteiger partial charge on any atom is 0.274 e. The lowest BCUT2D eigenvalue weighted by molar-refractivity contribution is 0.0691. The Kier molecular flexibility index (Phi) is 5.14. The van der Waals surface area contributed by atoms with E-state index >= 15 is 0 Å². The predicted molar refractivity (Wildman–Crippen MR) is 98.5 cm³/mol. The fourth-order valence-electron chi connectivity index (χ4n) is 2.78. The van der Waals surface area contributed by atoms with Crippen LogP contribution < -0.4 is 5.32 Å². The zero-order valence-electron chi connectivity index (χ0n) is 13.9. The molecule has 6 heteroatoms. The van der Waals surface area contributed by atoms with Crippen LogP contribution in [0.15, 0.2) is 35.1 Å². The summed E-state index contributed by atoms with van der Waals surface area (Å²) in [6.45, 7) is 5.86. The summed E-state index contributed by atoms with van der Waals surface area (Å²) in [4.78, 5) is 23.0. The number of aryl methyl sites for hydroxylation is 1. The zero-order chi connectivity index (χ0) is 17.1. The molecule has 3 rings (SSSR count). The Morgan fingerprint density at radius 3 is 2.62 bits per heavy atom. The van der Waals surface area contributed by atoms with Crippen molar-refractivity contribution in [1.82, 2.24) is 14.9 Å². The number of nitrogens with one attached hydrogen (secondary N) is 1. The number of benzene rings is 1. The maximum atomic E-state index is 12.5. The van der Waals surface area contributed by atoms with Crippen molar-refractivity contribution in [2.24, 2.45) is 5.92 Å². The molecule has 24 heavy (non-hydrogen) atoms. The highest BCUT2D eigenvalue weighted by Gasteiger charge is 2.22. The zero-order valence-corrected chi connectivity index (χ0v) is 15.5. The molecular formula is C18H21BrN4O. The third-order valence-corrected chi connectivity index (χ3v) is 4.89. The van der Waals surface area contributed by atoms with Crippen molar-refractivity contribution < 1.29 is 4.79 Å². The van der Waals surface area contributed by atoms with Crippen LogP contribution in [0.3, 0.4) is 0 Å². The van der Waals surface area contributed by atoms with Gasteiger partial charge in [-0.2, -0.15) is 0 Å². The van der Waals surface area contributed by atoms with Gasteiger partial charge < -0.3 is 10.2 Å². The Balaban J connectivity index is 1.68. The van der Waals surface area contributed by atoms with Gasteiger partial charge in [0.2, 0.25) is 0 Å². The summed E-state index contributed by atoms with van der Waals surface area (Å²) in [5, 5.41) is 3.23. The first-order valence-corrected chi connectivity index (χ1v) is 8.97. The van der Waals surface area contributed by atoms with Crippen LogP contribution in [0.25, 0.3) is 0 Å². The second kappa shape index (κ2) is 7.30. The van der Waals surface area contributed by atoms with Gasteiger partial charge in [0, 0.05) is 23.2 Å². The summed E-state index contributed by atoms with van der Waals surface area (Å²) in [5.41, 5.74) is 2.48. The molecule has 5 nitrogen and oxygen atoms in total. The summed E-state index contributed by atoms with van der Waals surface area (Å²) < 4.78 is 1.04. The maximum absolute atomic E-state index is 12.5. The molecule has 0 bridgehead atoms. The van der Waals surface area contributed by atoms with Crippen LogP contribution in [0.4, 0.5) is 11.5 Å². The van der Waals surface area contributed by atoms with Crippen LogP contribution in [-0.2, 0) is 0 Å². The van der Waals surface area contributed by atoms with E-state index in [9.17, 15) is 4.79 Å². The van der Waals surface area contributed by atoms with Gasteiger partial charge in [0.05, 0.1) is 12.4 Å². The Bertz CT molecular complexity index is 724. The largest absolute Gasteiger partial charge is 0.339 e. The van der Waals surface area contributed by atoms with E-state index in [1.165, 1.54) is 0 Å². The number of likely N-dealkylation sites (tertiary alicyclic amines) is 1. The van der Waals surface area contributed by atoms with E-state index in [0.29, 0.717) is 17.4 Å². The molecule has 1 saturated heterocycles. The van der Waals surface area contributed by atoms with Crippen LogP contribution in [0.5, 0.6) is 0 Å². The smallest absolute Gasteiger partial charge is 0.274 e. The minimum Gasteiger partial charge on any atom is -0.339 e. The van der Waals surface area contributed by atoms with Crippen LogP contribution >= 0.6 is 15.9 Å². The van der Waals surface area contributed by atoms with Crippen molar-refractivity contribution in [2.75, 3.05) is 18.4 Å². The highest BCUT2D eigenvalue weighted by Crippen LogP contribution is 2.23. The molecule has 1 N–H and O–H groups in total. The van der Waals surface area contributed by atoms with Crippen LogP contribution in [-0.4, -0.2) is 33.9 Å². The second-order valence-electron chi connectivity index (χ2n) is 6.35. The minimum absolute atomic E-state index is 0.0271. The SMILES string of the molecule is Cc1cc(Br)ccc1Nc1cnc(C(=O)N2CCC(C)CC2)cn1. The highest BCUT2D eigenvalue weighted by molar-refractivity contribution is 9.10. The van der Waals surface area contributed by atoms with Gasteiger partial charge in [0.15, 0.2) is 0 Å². The molecule has 0 spiro atoms. The van der Waals surface area contributed by atoms with Gasteiger partial charge >= 0.3 is 0 Å². The number of carbonyl (C=O) groups is 1. The van der Waals surface area contributed by atoms with Crippen molar-refractivity contribution >= 4 is 33.3 Å². The van der Waals surface area contributed by atoms with Crippen molar-refractivity contribution in [3.8, 4) is 0 Å². The van der Waals surface area contributed by atoms with Crippen LogP contribution in [0.2, 0.25) is 0 Å². The molecule has 0 unspecified atom stereocenters. The molecule has 1 aliphatic rings. The number of carbonyl (C=O) groups excluding carboxylic acids is 1. The third kappa shape index (κ3) is 3.93. The Morgan fingerprint density at radius 2 is 2.00 bits per heavy atom. The Labute approximate surface area is 150 Å². The fraction of sp³-hybridized carbons (Fsp3) is 0.389. The second-order valence-corrected chi connectivity index (χ2v) is 7.26. The Hall–Kier alpha value is -1.95. The molecular weight excluding hydrogens is 368 g/mol. The predicted octanol–water partition coefficient (Wildman–Crippen LogP) is 4.16. The average Bonchev–Trinajstić information content (AvgIpc) is 2.58. The van der Waals surface area contributed by atoms with Gasteiger partial charge in [-0.1, -0.05) is 22.9 Å². The summed E-state index contributed by atoms with van der Waals surface area (Å²) in [5.74, 6) is 1.30. The lowest BCUT2D eigenvalue weighted by atomic mass is 9.99. The minimum atomic E-state index is -0.0271. The molecule has 1 amide bonds. The average molecular weight is 389 g/mol. The van der Waals surface area contributed by atoms with Gasteiger partial charge in [-0.3, -0.25) is 4.79 Å². The van der Waals surface area contributed by atoms with E-state index in [1.807, 2.05) is 30.0 Å². The molecule has 0 saturated carbocycles. The van der Waals surface area contributed by atoms with E-state index in [1.54, 1.807) is 12.4 Å². The first-order valence-electron chi connectivity index (χ1n) is 8.17. The third-order valence-electron chi connectivity index (χ3n) is 4.39. The monoisotopic (exact) mass is 388 g/mol. The molecule has 2 heterocycles. The first kappa shape index (κ1) is 16.9. The molecule has 1 fully saturated rings. The number of piperidine rings is 1. The lowest BCUT2D eigenvalue weighted by Crippen LogP contribution is -2.38. The van der Waals surface area contributed by atoms with Crippen molar-refractivity contribution in [2.45, 2.75) is 26.7 Å². The number of aromatic nitrogens is 2. The molecule has 0 aliphatic carbocycles. The first-order chi connectivity index (χ1) is 11.5. The molecule has 0 radical (unpaired) electrons. The summed E-state index contributed by atoms with van der Waals surface area (Å²) >= 11 is 3.45. The molecule has 126 valence electrons. The topological polar surface area (TPSA) is 58.1 Å². The van der Waals surface area contributed by atoms with Crippen LogP contribution in [0, 0.1) is 12.8 Å². The van der Waals surface area contributed by atoms with Crippen molar-refractivity contribution in [3.05, 3.63) is 46.3 Å². The van der Waals surface area contributed by atoms with E-state index in [-0.39, 0.29) is 5.91 Å². The van der Waals surface area contributed by atoms with E-state index in [0.717, 1.165) is 41.7 Å². The summed E-state index contributed by atoms with van der Waals surface area (Å²) in [6.07, 6.45) is 5.28. The van der Waals surface area contributed by atoms with Gasteiger partial charge in [-0.15, -0.1) is 0 Å². The van der Waals surface area contributed by atoms with Crippen molar-refractivity contribution in [1.29, 1.82) is 0 Å². The van der Waals surface area contributed by atoms with Gasteiger partial charge in [0.25, 0.3) is 5.91 Å². The number of nitrogens with zero attached hydrogens (tertiary/aromatic N) is 3. The molecule has 1 aromatic heterocycles. The lowest BCUT2D eigenvalue weighted by Gasteiger charge is -2.29. The van der Waals surface area contributed by atoms with Crippen molar-refractivity contribution in [3.63, 3.8) is 0 Å². The van der Waals surface area contributed by atoms with E-state index in [2.05, 4.69) is 38.1 Å². The number of hydrogen-bond donors (Lipinski definition) is 1. The molecule has 2 aromatic rings. The number of rotatable bonds is 3. The quantitative estimate of drug-likeness (QED) is 0.857. The Morgan fingerprint density at radius 1 is 1.25 bits per heavy atom. The van der Waals surface area contributed by atoms with Gasteiger partial charge in [-0.05, 0) is 49.4 Å². The number of hydrogen-bond acceptors (Lipinski definition) is 4.